The van der Waals surface area contributed by atoms with Gasteiger partial charge in [-0.05, 0) is 50.4 Å². The molecule has 0 heterocycles. The van der Waals surface area contributed by atoms with Crippen molar-refractivity contribution in [3.8, 4) is 0 Å². The number of aliphatic hydroxyl groups excluding tert-OH is 1. The van der Waals surface area contributed by atoms with E-state index < -0.39 is 0 Å². The van der Waals surface area contributed by atoms with Gasteiger partial charge in [-0.3, -0.25) is 9.69 Å². The molecule has 1 fully saturated rings. The second-order valence-electron chi connectivity index (χ2n) is 6.22. The number of amides is 1. The van der Waals surface area contributed by atoms with Crippen LogP contribution in [0.15, 0.2) is 24.3 Å². The first-order chi connectivity index (χ1) is 10.5. The van der Waals surface area contributed by atoms with Crippen molar-refractivity contribution in [3.63, 3.8) is 0 Å². The van der Waals surface area contributed by atoms with Gasteiger partial charge in [0.15, 0.2) is 0 Å². The van der Waals surface area contributed by atoms with Gasteiger partial charge in [-0.25, -0.2) is 4.39 Å². The third-order valence-corrected chi connectivity index (χ3v) is 4.56. The predicted molar refractivity (Wildman–Crippen MR) is 83.7 cm³/mol. The number of halogens is 1. The minimum atomic E-state index is -0.279. The highest BCUT2D eigenvalue weighted by molar-refractivity contribution is 5.81. The number of nitrogens with zero attached hydrogens (tertiary/aromatic N) is 1. The number of benzene rings is 1. The Labute approximate surface area is 131 Å². The fraction of sp³-hybridized carbons (Fsp3) is 0.588. The lowest BCUT2D eigenvalue weighted by atomic mass is 10.0. The van der Waals surface area contributed by atoms with Gasteiger partial charge in [0.1, 0.15) is 5.82 Å². The van der Waals surface area contributed by atoms with Crippen molar-refractivity contribution in [3.05, 3.63) is 35.6 Å². The van der Waals surface area contributed by atoms with E-state index in [9.17, 15) is 14.3 Å². The molecular weight excluding hydrogens is 283 g/mol. The van der Waals surface area contributed by atoms with Crippen LogP contribution >= 0.6 is 0 Å². The molecule has 22 heavy (non-hydrogen) atoms. The number of hydrogen-bond acceptors (Lipinski definition) is 3. The molecule has 0 spiro atoms. The van der Waals surface area contributed by atoms with Gasteiger partial charge >= 0.3 is 0 Å². The zero-order valence-electron chi connectivity index (χ0n) is 13.3. The number of nitrogens with one attached hydrogen (secondary N) is 1. The predicted octanol–water partition coefficient (Wildman–Crippen LogP) is 1.92. The number of carbonyl (C=O) groups excluding carboxylic acids is 1. The summed E-state index contributed by atoms with van der Waals surface area (Å²) in [6.07, 6.45) is 2.71. The Balaban J connectivity index is 1.79. The standard InChI is InChI=1S/C17H25FN2O2/c1-12(20(2)11-14-4-3-5-16(14)21)17(22)19-10-13-6-8-15(18)9-7-13/h6-9,12,14,16,21H,3-5,10-11H2,1-2H3,(H,19,22). The molecule has 3 unspecified atom stereocenters. The molecule has 1 saturated carbocycles. The van der Waals surface area contributed by atoms with Crippen molar-refractivity contribution in [1.29, 1.82) is 0 Å². The highest BCUT2D eigenvalue weighted by atomic mass is 19.1. The van der Waals surface area contributed by atoms with E-state index >= 15 is 0 Å². The zero-order chi connectivity index (χ0) is 16.1. The number of carbonyl (C=O) groups is 1. The molecule has 1 aliphatic carbocycles. The van der Waals surface area contributed by atoms with Crippen molar-refractivity contribution in [2.75, 3.05) is 13.6 Å². The van der Waals surface area contributed by atoms with E-state index in [0.29, 0.717) is 6.54 Å². The Hall–Kier alpha value is -1.46. The van der Waals surface area contributed by atoms with E-state index in [4.69, 9.17) is 0 Å². The van der Waals surface area contributed by atoms with Crippen molar-refractivity contribution in [2.45, 2.75) is 44.9 Å². The Kier molecular flexibility index (Phi) is 5.91. The second kappa shape index (κ2) is 7.70. The summed E-state index contributed by atoms with van der Waals surface area (Å²) in [6, 6.07) is 5.85. The van der Waals surface area contributed by atoms with Gasteiger partial charge in [-0.1, -0.05) is 18.6 Å². The largest absolute Gasteiger partial charge is 0.393 e. The molecule has 1 aliphatic rings. The summed E-state index contributed by atoms with van der Waals surface area (Å²) < 4.78 is 12.8. The monoisotopic (exact) mass is 308 g/mol. The first-order valence-electron chi connectivity index (χ1n) is 7.88. The first kappa shape index (κ1) is 16.9. The highest BCUT2D eigenvalue weighted by Crippen LogP contribution is 2.26. The van der Waals surface area contributed by atoms with E-state index in [1.807, 2.05) is 18.9 Å². The number of aliphatic hydroxyl groups is 1. The molecule has 0 bridgehead atoms. The lowest BCUT2D eigenvalue weighted by Crippen LogP contribution is -2.45. The van der Waals surface area contributed by atoms with Crippen LogP contribution < -0.4 is 5.32 Å². The quantitative estimate of drug-likeness (QED) is 0.844. The Morgan fingerprint density at radius 2 is 2.09 bits per heavy atom. The molecule has 0 saturated heterocycles. The van der Waals surface area contributed by atoms with Crippen molar-refractivity contribution in [1.82, 2.24) is 10.2 Å². The number of rotatable bonds is 6. The molecule has 4 nitrogen and oxygen atoms in total. The van der Waals surface area contributed by atoms with E-state index in [0.717, 1.165) is 31.4 Å². The highest BCUT2D eigenvalue weighted by Gasteiger charge is 2.28. The van der Waals surface area contributed by atoms with Crippen LogP contribution in [-0.2, 0) is 11.3 Å². The zero-order valence-corrected chi connectivity index (χ0v) is 13.3. The average Bonchev–Trinajstić information content (AvgIpc) is 2.90. The van der Waals surface area contributed by atoms with Gasteiger partial charge in [0.2, 0.25) is 5.91 Å². The van der Waals surface area contributed by atoms with Gasteiger partial charge in [0.25, 0.3) is 0 Å². The van der Waals surface area contributed by atoms with Crippen LogP contribution in [-0.4, -0.2) is 41.7 Å². The minimum absolute atomic E-state index is 0.0562. The SMILES string of the molecule is CC(C(=O)NCc1ccc(F)cc1)N(C)CC1CCCC1O. The molecule has 2 rings (SSSR count). The summed E-state index contributed by atoms with van der Waals surface area (Å²) in [6.45, 7) is 2.98. The fourth-order valence-electron chi connectivity index (χ4n) is 2.90. The van der Waals surface area contributed by atoms with Crippen LogP contribution in [0.1, 0.15) is 31.7 Å². The van der Waals surface area contributed by atoms with Crippen LogP contribution in [0.5, 0.6) is 0 Å². The van der Waals surface area contributed by atoms with Gasteiger partial charge < -0.3 is 10.4 Å². The Morgan fingerprint density at radius 1 is 1.41 bits per heavy atom. The summed E-state index contributed by atoms with van der Waals surface area (Å²) in [5.41, 5.74) is 0.871. The van der Waals surface area contributed by atoms with Gasteiger partial charge in [-0.15, -0.1) is 0 Å². The normalized spacial score (nSPS) is 22.8. The minimum Gasteiger partial charge on any atom is -0.393 e. The van der Waals surface area contributed by atoms with Crippen LogP contribution in [0.3, 0.4) is 0 Å². The maximum Gasteiger partial charge on any atom is 0.237 e. The lowest BCUT2D eigenvalue weighted by molar-refractivity contribution is -0.125. The average molecular weight is 308 g/mol. The third-order valence-electron chi connectivity index (χ3n) is 4.56. The fourth-order valence-corrected chi connectivity index (χ4v) is 2.90. The molecule has 1 aromatic rings. The number of hydrogen-bond donors (Lipinski definition) is 2. The van der Waals surface area contributed by atoms with Crippen LogP contribution in [0.25, 0.3) is 0 Å². The van der Waals surface area contributed by atoms with Crippen LogP contribution in [0.2, 0.25) is 0 Å². The molecule has 0 radical (unpaired) electrons. The third kappa shape index (κ3) is 4.52. The molecule has 5 heteroatoms. The van der Waals surface area contributed by atoms with Crippen molar-refractivity contribution < 1.29 is 14.3 Å². The van der Waals surface area contributed by atoms with Gasteiger partial charge in [0, 0.05) is 13.1 Å². The van der Waals surface area contributed by atoms with Crippen LogP contribution in [0, 0.1) is 11.7 Å². The smallest absolute Gasteiger partial charge is 0.237 e. The molecule has 3 atom stereocenters. The maximum absolute atomic E-state index is 12.8. The Bertz CT molecular complexity index is 492. The topological polar surface area (TPSA) is 52.6 Å². The van der Waals surface area contributed by atoms with E-state index in [1.54, 1.807) is 12.1 Å². The molecule has 0 aromatic heterocycles. The summed E-state index contributed by atoms with van der Waals surface area (Å²) in [4.78, 5) is 14.2. The van der Waals surface area contributed by atoms with Crippen molar-refractivity contribution in [2.24, 2.45) is 5.92 Å². The van der Waals surface area contributed by atoms with Crippen LogP contribution in [0.4, 0.5) is 4.39 Å². The summed E-state index contributed by atoms with van der Waals surface area (Å²) in [5, 5.41) is 12.7. The van der Waals surface area contributed by atoms with Crippen molar-refractivity contribution >= 4 is 5.91 Å². The van der Waals surface area contributed by atoms with Gasteiger partial charge in [-0.2, -0.15) is 0 Å². The summed E-state index contributed by atoms with van der Waals surface area (Å²) in [7, 11) is 1.91. The van der Waals surface area contributed by atoms with Gasteiger partial charge in [0.05, 0.1) is 12.1 Å². The second-order valence-corrected chi connectivity index (χ2v) is 6.22. The summed E-state index contributed by atoms with van der Waals surface area (Å²) in [5.74, 6) is -0.0741. The molecular formula is C17H25FN2O2. The maximum atomic E-state index is 12.8. The summed E-state index contributed by atoms with van der Waals surface area (Å²) >= 11 is 0. The van der Waals surface area contributed by atoms with E-state index in [2.05, 4.69) is 5.32 Å². The molecule has 0 aliphatic heterocycles. The Morgan fingerprint density at radius 3 is 2.68 bits per heavy atom. The van der Waals surface area contributed by atoms with E-state index in [-0.39, 0.29) is 29.8 Å². The molecule has 1 aromatic carbocycles. The number of likely N-dealkylation sites (N-methyl/N-ethyl adjacent to an activating group) is 1. The first-order valence-corrected chi connectivity index (χ1v) is 7.88. The molecule has 122 valence electrons. The molecule has 2 N–H and O–H groups in total. The lowest BCUT2D eigenvalue weighted by Gasteiger charge is -2.27. The molecule has 1 amide bonds. The van der Waals surface area contributed by atoms with E-state index in [1.165, 1.54) is 12.1 Å².